The van der Waals surface area contributed by atoms with Gasteiger partial charge >= 0.3 is 0 Å². The van der Waals surface area contributed by atoms with Crippen LogP contribution in [0.15, 0.2) is 12.2 Å². The summed E-state index contributed by atoms with van der Waals surface area (Å²) < 4.78 is 0. The monoisotopic (exact) mass is 188 g/mol. The zero-order valence-electron chi connectivity index (χ0n) is 8.65. The SMILES string of the molecule is [CH]1[CH][CH][C](/C=C/CN2CCCCC2)[CH]1. The summed E-state index contributed by atoms with van der Waals surface area (Å²) in [6, 6.07) is 0. The number of nitrogens with zero attached hydrogens (tertiary/aromatic N) is 1. The maximum absolute atomic E-state index is 2.53. The van der Waals surface area contributed by atoms with E-state index in [0.29, 0.717) is 0 Å². The van der Waals surface area contributed by atoms with E-state index in [-0.39, 0.29) is 0 Å². The molecule has 1 heterocycles. The molecule has 75 valence electrons. The molecule has 1 heteroatoms. The first kappa shape index (κ1) is 10.2. The van der Waals surface area contributed by atoms with Gasteiger partial charge in [-0.05, 0) is 51.6 Å². The Balaban J connectivity index is 1.64. The van der Waals surface area contributed by atoms with E-state index in [4.69, 9.17) is 0 Å². The first-order chi connectivity index (χ1) is 6.95. The highest BCUT2D eigenvalue weighted by Crippen LogP contribution is 2.23. The molecule has 0 bridgehead atoms. The lowest BCUT2D eigenvalue weighted by Gasteiger charge is -2.24. The standard InChI is InChI=1S/C13H18N/c1-4-10-14(11-5-1)12-6-9-13-7-2-3-8-13/h2-3,6-9H,1,4-5,10-12H2/b9-6+. The van der Waals surface area contributed by atoms with Gasteiger partial charge in [-0.2, -0.15) is 0 Å². The highest BCUT2D eigenvalue weighted by molar-refractivity contribution is 5.41. The van der Waals surface area contributed by atoms with Crippen LogP contribution in [0.5, 0.6) is 0 Å². The van der Waals surface area contributed by atoms with Gasteiger partial charge in [-0.3, -0.25) is 4.90 Å². The summed E-state index contributed by atoms with van der Waals surface area (Å²) >= 11 is 0. The van der Waals surface area contributed by atoms with Crippen molar-refractivity contribution in [3.63, 3.8) is 0 Å². The van der Waals surface area contributed by atoms with Crippen molar-refractivity contribution in [2.75, 3.05) is 19.6 Å². The van der Waals surface area contributed by atoms with Crippen molar-refractivity contribution in [2.24, 2.45) is 0 Å². The lowest BCUT2D eigenvalue weighted by molar-refractivity contribution is 0.251. The fourth-order valence-corrected chi connectivity index (χ4v) is 1.98. The van der Waals surface area contributed by atoms with E-state index in [9.17, 15) is 0 Å². The van der Waals surface area contributed by atoms with Crippen LogP contribution in [0.1, 0.15) is 19.3 Å². The molecular weight excluding hydrogens is 170 g/mol. The molecule has 5 radical (unpaired) electrons. The number of allylic oxidation sites excluding steroid dienone is 1. The summed E-state index contributed by atoms with van der Waals surface area (Å²) in [6.07, 6.45) is 17.1. The van der Waals surface area contributed by atoms with Crippen molar-refractivity contribution in [3.05, 3.63) is 43.8 Å². The fourth-order valence-electron chi connectivity index (χ4n) is 1.98. The number of rotatable bonds is 3. The summed E-state index contributed by atoms with van der Waals surface area (Å²) in [5.74, 6) is 1.32. The van der Waals surface area contributed by atoms with Gasteiger partial charge in [0.2, 0.25) is 0 Å². The quantitative estimate of drug-likeness (QED) is 0.657. The van der Waals surface area contributed by atoms with Crippen LogP contribution in [-0.4, -0.2) is 24.5 Å². The molecule has 0 aromatic carbocycles. The maximum Gasteiger partial charge on any atom is 0.0163 e. The third-order valence-corrected chi connectivity index (χ3v) is 2.81. The number of likely N-dealkylation sites (tertiary alicyclic amines) is 1. The summed E-state index contributed by atoms with van der Waals surface area (Å²) in [6.45, 7) is 3.68. The van der Waals surface area contributed by atoms with Gasteiger partial charge in [0.15, 0.2) is 0 Å². The molecule has 14 heavy (non-hydrogen) atoms. The highest BCUT2D eigenvalue weighted by atomic mass is 15.1. The Morgan fingerprint density at radius 1 is 1.07 bits per heavy atom. The molecule has 0 unspecified atom stereocenters. The maximum atomic E-state index is 2.53. The third kappa shape index (κ3) is 3.13. The van der Waals surface area contributed by atoms with Gasteiger partial charge in [-0.15, -0.1) is 0 Å². The summed E-state index contributed by atoms with van der Waals surface area (Å²) in [5, 5.41) is 0. The fraction of sp³-hybridized carbons (Fsp3) is 0.462. The molecule has 0 N–H and O–H groups in total. The lowest BCUT2D eigenvalue weighted by Crippen LogP contribution is -2.29. The Hall–Kier alpha value is -0.300. The largest absolute Gasteiger partial charge is 0.300 e. The first-order valence-electron chi connectivity index (χ1n) is 5.56. The van der Waals surface area contributed by atoms with Crippen molar-refractivity contribution in [1.29, 1.82) is 0 Å². The van der Waals surface area contributed by atoms with Gasteiger partial charge in [0, 0.05) is 12.5 Å². The van der Waals surface area contributed by atoms with Crippen molar-refractivity contribution >= 4 is 0 Å². The predicted molar refractivity (Wildman–Crippen MR) is 59.9 cm³/mol. The van der Waals surface area contributed by atoms with Crippen LogP contribution in [-0.2, 0) is 0 Å². The van der Waals surface area contributed by atoms with E-state index in [0.717, 1.165) is 6.54 Å². The zero-order chi connectivity index (χ0) is 9.64. The van der Waals surface area contributed by atoms with Gasteiger partial charge in [-0.1, -0.05) is 18.6 Å². The molecule has 1 aliphatic heterocycles. The number of piperidine rings is 1. The van der Waals surface area contributed by atoms with Crippen LogP contribution in [0.4, 0.5) is 0 Å². The van der Waals surface area contributed by atoms with Crippen molar-refractivity contribution in [3.8, 4) is 0 Å². The smallest absolute Gasteiger partial charge is 0.0163 e. The average molecular weight is 188 g/mol. The first-order valence-corrected chi connectivity index (χ1v) is 5.56. The van der Waals surface area contributed by atoms with Crippen LogP contribution in [0.25, 0.3) is 0 Å². The van der Waals surface area contributed by atoms with Gasteiger partial charge in [0.25, 0.3) is 0 Å². The molecule has 1 saturated heterocycles. The topological polar surface area (TPSA) is 3.24 Å². The third-order valence-electron chi connectivity index (χ3n) is 2.81. The molecular formula is C13H18N. The molecule has 0 aromatic heterocycles. The summed E-state index contributed by atoms with van der Waals surface area (Å²) in [5.41, 5.74) is 0. The Morgan fingerprint density at radius 3 is 2.50 bits per heavy atom. The van der Waals surface area contributed by atoms with E-state index in [1.807, 2.05) is 0 Å². The van der Waals surface area contributed by atoms with E-state index in [2.05, 4.69) is 42.7 Å². The van der Waals surface area contributed by atoms with Crippen molar-refractivity contribution in [2.45, 2.75) is 19.3 Å². The minimum atomic E-state index is 1.12. The summed E-state index contributed by atoms with van der Waals surface area (Å²) in [4.78, 5) is 2.53. The Morgan fingerprint density at radius 2 is 1.79 bits per heavy atom. The lowest BCUT2D eigenvalue weighted by atomic mass is 10.1. The van der Waals surface area contributed by atoms with Crippen LogP contribution in [0.2, 0.25) is 0 Å². The Kier molecular flexibility index (Phi) is 4.05. The molecule has 0 aromatic rings. The van der Waals surface area contributed by atoms with Crippen LogP contribution < -0.4 is 0 Å². The average Bonchev–Trinajstić information content (AvgIpc) is 2.72. The molecule has 1 nitrogen and oxygen atoms in total. The second-order valence-electron chi connectivity index (χ2n) is 3.98. The van der Waals surface area contributed by atoms with E-state index >= 15 is 0 Å². The molecule has 2 rings (SSSR count). The molecule has 2 fully saturated rings. The van der Waals surface area contributed by atoms with E-state index in [1.165, 1.54) is 38.3 Å². The van der Waals surface area contributed by atoms with Gasteiger partial charge < -0.3 is 0 Å². The molecule has 0 spiro atoms. The zero-order valence-corrected chi connectivity index (χ0v) is 8.65. The minimum Gasteiger partial charge on any atom is -0.300 e. The minimum absolute atomic E-state index is 1.12. The summed E-state index contributed by atoms with van der Waals surface area (Å²) in [7, 11) is 0. The van der Waals surface area contributed by atoms with Crippen LogP contribution in [0, 0.1) is 31.6 Å². The number of hydrogen-bond acceptors (Lipinski definition) is 1. The van der Waals surface area contributed by atoms with Crippen LogP contribution >= 0.6 is 0 Å². The van der Waals surface area contributed by atoms with Crippen LogP contribution in [0.3, 0.4) is 0 Å². The highest BCUT2D eigenvalue weighted by Gasteiger charge is 2.13. The van der Waals surface area contributed by atoms with Gasteiger partial charge in [-0.25, -0.2) is 0 Å². The van der Waals surface area contributed by atoms with Crippen molar-refractivity contribution < 1.29 is 0 Å². The molecule has 2 aliphatic rings. The van der Waals surface area contributed by atoms with Gasteiger partial charge in [0.05, 0.1) is 0 Å². The molecule has 1 aliphatic carbocycles. The second-order valence-corrected chi connectivity index (χ2v) is 3.98. The number of hydrogen-bond donors (Lipinski definition) is 0. The Labute approximate surface area is 88.2 Å². The van der Waals surface area contributed by atoms with E-state index in [1.54, 1.807) is 0 Å². The van der Waals surface area contributed by atoms with Gasteiger partial charge in [0.1, 0.15) is 0 Å². The van der Waals surface area contributed by atoms with E-state index < -0.39 is 0 Å². The van der Waals surface area contributed by atoms with Crippen molar-refractivity contribution in [1.82, 2.24) is 4.90 Å². The Bertz CT molecular complexity index is 174. The molecule has 1 saturated carbocycles. The molecule has 0 atom stereocenters. The normalized spacial score (nSPS) is 26.3. The molecule has 0 amide bonds. The predicted octanol–water partition coefficient (Wildman–Crippen LogP) is 2.43. The second kappa shape index (κ2) is 5.55.